The molecular formula is C14H18ClN5S. The number of aromatic nitrogens is 2. The van der Waals surface area contributed by atoms with Crippen molar-refractivity contribution in [2.75, 3.05) is 11.5 Å². The summed E-state index contributed by atoms with van der Waals surface area (Å²) in [5.41, 5.74) is 18.7. The molecule has 0 amide bonds. The van der Waals surface area contributed by atoms with Gasteiger partial charge < -0.3 is 17.2 Å². The summed E-state index contributed by atoms with van der Waals surface area (Å²) < 4.78 is 0. The molecule has 5 nitrogen and oxygen atoms in total. The predicted octanol–water partition coefficient (Wildman–Crippen LogP) is 2.87. The van der Waals surface area contributed by atoms with Crippen LogP contribution in [0, 0.1) is 0 Å². The topological polar surface area (TPSA) is 104 Å². The number of anilines is 2. The largest absolute Gasteiger partial charge is 0.383 e. The van der Waals surface area contributed by atoms with Crippen molar-refractivity contribution in [3.63, 3.8) is 0 Å². The molecule has 112 valence electrons. The summed E-state index contributed by atoms with van der Waals surface area (Å²) >= 11 is 7.39. The monoisotopic (exact) mass is 323 g/mol. The molecule has 1 aromatic carbocycles. The fraction of sp³-hybridized carbons (Fsp3) is 0.286. The second-order valence-corrected chi connectivity index (χ2v) is 6.21. The van der Waals surface area contributed by atoms with E-state index in [0.717, 1.165) is 12.0 Å². The highest BCUT2D eigenvalue weighted by Crippen LogP contribution is 2.37. The molecule has 0 aliphatic carbocycles. The zero-order chi connectivity index (χ0) is 15.4. The van der Waals surface area contributed by atoms with E-state index in [1.165, 1.54) is 17.8 Å². The first-order valence-electron chi connectivity index (χ1n) is 6.57. The minimum absolute atomic E-state index is 0.00784. The van der Waals surface area contributed by atoms with Crippen molar-refractivity contribution < 1.29 is 0 Å². The van der Waals surface area contributed by atoms with Gasteiger partial charge in [-0.2, -0.15) is 0 Å². The number of thioether (sulfide) groups is 1. The SMILES string of the molecule is CCC(N)C(Sc1nc(N)cc(N)n1)c1ccc(Cl)cc1. The predicted molar refractivity (Wildman–Crippen MR) is 89.2 cm³/mol. The van der Waals surface area contributed by atoms with E-state index in [1.807, 2.05) is 31.2 Å². The van der Waals surface area contributed by atoms with Crippen LogP contribution in [0.1, 0.15) is 24.2 Å². The fourth-order valence-electron chi connectivity index (χ4n) is 1.90. The Morgan fingerprint density at radius 1 is 1.14 bits per heavy atom. The summed E-state index contributed by atoms with van der Waals surface area (Å²) in [5, 5.41) is 1.22. The molecular weight excluding hydrogens is 306 g/mol. The molecule has 0 spiro atoms. The van der Waals surface area contributed by atoms with E-state index in [2.05, 4.69) is 9.97 Å². The number of rotatable bonds is 5. The average Bonchev–Trinajstić information content (AvgIpc) is 2.44. The number of benzene rings is 1. The molecule has 0 fully saturated rings. The van der Waals surface area contributed by atoms with Crippen molar-refractivity contribution in [2.24, 2.45) is 5.73 Å². The average molecular weight is 324 g/mol. The van der Waals surface area contributed by atoms with E-state index >= 15 is 0 Å². The molecule has 2 unspecified atom stereocenters. The third-order valence-corrected chi connectivity index (χ3v) is 4.56. The van der Waals surface area contributed by atoms with Crippen LogP contribution >= 0.6 is 23.4 Å². The van der Waals surface area contributed by atoms with E-state index in [4.69, 9.17) is 28.8 Å². The molecule has 2 rings (SSSR count). The van der Waals surface area contributed by atoms with Gasteiger partial charge >= 0.3 is 0 Å². The standard InChI is InChI=1S/C14H18ClN5S/c1-2-10(16)13(8-3-5-9(15)6-4-8)21-14-19-11(17)7-12(18)20-14/h3-7,10,13H,2,16H2,1H3,(H4,17,18,19,20). The van der Waals surface area contributed by atoms with Gasteiger partial charge in [0.2, 0.25) is 0 Å². The lowest BCUT2D eigenvalue weighted by Crippen LogP contribution is -2.25. The van der Waals surface area contributed by atoms with Gasteiger partial charge in [0.1, 0.15) is 11.6 Å². The Labute approximate surface area is 133 Å². The molecule has 1 aromatic heterocycles. The molecule has 2 atom stereocenters. The highest BCUT2D eigenvalue weighted by molar-refractivity contribution is 7.99. The number of hydrogen-bond acceptors (Lipinski definition) is 6. The summed E-state index contributed by atoms with van der Waals surface area (Å²) in [7, 11) is 0. The van der Waals surface area contributed by atoms with E-state index in [0.29, 0.717) is 21.8 Å². The van der Waals surface area contributed by atoms with Gasteiger partial charge in [-0.25, -0.2) is 9.97 Å². The van der Waals surface area contributed by atoms with Gasteiger partial charge in [0.25, 0.3) is 0 Å². The van der Waals surface area contributed by atoms with Gasteiger partial charge in [-0.1, -0.05) is 42.4 Å². The molecule has 21 heavy (non-hydrogen) atoms. The summed E-state index contributed by atoms with van der Waals surface area (Å²) in [5.74, 6) is 0.704. The summed E-state index contributed by atoms with van der Waals surface area (Å²) in [6.07, 6.45) is 0.831. The van der Waals surface area contributed by atoms with Crippen LogP contribution in [0.5, 0.6) is 0 Å². The lowest BCUT2D eigenvalue weighted by Gasteiger charge is -2.22. The summed E-state index contributed by atoms with van der Waals surface area (Å²) in [6.45, 7) is 2.04. The lowest BCUT2D eigenvalue weighted by molar-refractivity contribution is 0.632. The van der Waals surface area contributed by atoms with Gasteiger partial charge in [0.05, 0.1) is 5.25 Å². The van der Waals surface area contributed by atoms with Crippen LogP contribution in [-0.4, -0.2) is 16.0 Å². The first-order valence-corrected chi connectivity index (χ1v) is 7.83. The van der Waals surface area contributed by atoms with Gasteiger partial charge in [-0.05, 0) is 24.1 Å². The second-order valence-electron chi connectivity index (χ2n) is 4.66. The highest BCUT2D eigenvalue weighted by atomic mass is 35.5. The van der Waals surface area contributed by atoms with Crippen molar-refractivity contribution in [1.82, 2.24) is 9.97 Å². The van der Waals surface area contributed by atoms with Crippen molar-refractivity contribution in [3.8, 4) is 0 Å². The molecule has 0 radical (unpaired) electrons. The fourth-order valence-corrected chi connectivity index (χ4v) is 3.23. The van der Waals surface area contributed by atoms with E-state index in [9.17, 15) is 0 Å². The van der Waals surface area contributed by atoms with Gasteiger partial charge in [0, 0.05) is 17.1 Å². The lowest BCUT2D eigenvalue weighted by atomic mass is 10.0. The Kier molecular flexibility index (Phi) is 5.27. The van der Waals surface area contributed by atoms with Crippen molar-refractivity contribution >= 4 is 35.0 Å². The Balaban J connectivity index is 2.30. The molecule has 6 N–H and O–H groups in total. The number of nitrogen functional groups attached to an aromatic ring is 2. The third kappa shape index (κ3) is 4.23. The molecule has 0 saturated carbocycles. The maximum Gasteiger partial charge on any atom is 0.192 e. The first-order chi connectivity index (χ1) is 9.99. The molecule has 0 aliphatic rings. The molecule has 2 aromatic rings. The van der Waals surface area contributed by atoms with Crippen LogP contribution in [0.3, 0.4) is 0 Å². The van der Waals surface area contributed by atoms with Gasteiger partial charge in [0.15, 0.2) is 5.16 Å². The Morgan fingerprint density at radius 2 is 1.71 bits per heavy atom. The minimum Gasteiger partial charge on any atom is -0.383 e. The summed E-state index contributed by atoms with van der Waals surface area (Å²) in [6, 6.07) is 9.11. The van der Waals surface area contributed by atoms with Crippen LogP contribution in [0.2, 0.25) is 5.02 Å². The number of hydrogen-bond donors (Lipinski definition) is 3. The summed E-state index contributed by atoms with van der Waals surface area (Å²) in [4.78, 5) is 8.40. The number of nitrogens with two attached hydrogens (primary N) is 3. The molecule has 0 bridgehead atoms. The van der Waals surface area contributed by atoms with Crippen molar-refractivity contribution in [3.05, 3.63) is 40.9 Å². The quantitative estimate of drug-likeness (QED) is 0.577. The van der Waals surface area contributed by atoms with Crippen LogP contribution in [0.15, 0.2) is 35.5 Å². The molecule has 1 heterocycles. The molecule has 7 heteroatoms. The smallest absolute Gasteiger partial charge is 0.192 e. The van der Waals surface area contributed by atoms with Gasteiger partial charge in [-0.15, -0.1) is 0 Å². The van der Waals surface area contributed by atoms with Crippen LogP contribution < -0.4 is 17.2 Å². The molecule has 0 saturated heterocycles. The Hall–Kier alpha value is -1.50. The molecule has 0 aliphatic heterocycles. The van der Waals surface area contributed by atoms with Crippen LogP contribution in [-0.2, 0) is 0 Å². The third-order valence-electron chi connectivity index (χ3n) is 3.04. The zero-order valence-electron chi connectivity index (χ0n) is 11.7. The van der Waals surface area contributed by atoms with E-state index in [-0.39, 0.29) is 11.3 Å². The van der Waals surface area contributed by atoms with Crippen molar-refractivity contribution in [1.29, 1.82) is 0 Å². The Bertz CT molecular complexity index is 585. The Morgan fingerprint density at radius 3 is 2.24 bits per heavy atom. The van der Waals surface area contributed by atoms with E-state index < -0.39 is 0 Å². The highest BCUT2D eigenvalue weighted by Gasteiger charge is 2.21. The van der Waals surface area contributed by atoms with E-state index in [1.54, 1.807) is 0 Å². The maximum absolute atomic E-state index is 6.24. The second kappa shape index (κ2) is 6.98. The maximum atomic E-state index is 6.24. The first kappa shape index (κ1) is 15.9. The normalized spacial score (nSPS) is 13.9. The zero-order valence-corrected chi connectivity index (χ0v) is 13.2. The van der Waals surface area contributed by atoms with Crippen LogP contribution in [0.25, 0.3) is 0 Å². The number of halogens is 1. The van der Waals surface area contributed by atoms with Crippen LogP contribution in [0.4, 0.5) is 11.6 Å². The number of nitrogens with zero attached hydrogens (tertiary/aromatic N) is 2. The van der Waals surface area contributed by atoms with Crippen molar-refractivity contribution in [2.45, 2.75) is 29.8 Å². The minimum atomic E-state index is -0.0394. The van der Waals surface area contributed by atoms with Gasteiger partial charge in [-0.3, -0.25) is 0 Å².